The van der Waals surface area contributed by atoms with Gasteiger partial charge in [0, 0.05) is 5.46 Å². The van der Waals surface area contributed by atoms with Gasteiger partial charge in [0.15, 0.2) is 0 Å². The van der Waals surface area contributed by atoms with Crippen molar-refractivity contribution in [3.8, 4) is 23.0 Å². The number of fused-ring (bicyclic) bond motifs is 6. The number of para-hydroxylation sites is 2. The maximum Gasteiger partial charge on any atom is 0.260 e. The van der Waals surface area contributed by atoms with E-state index in [1.54, 1.807) is 0 Å². The van der Waals surface area contributed by atoms with Crippen LogP contribution >= 0.6 is 0 Å². The monoisotopic (exact) mass is 296 g/mol. The zero-order valence-electron chi connectivity index (χ0n) is 12.5. The van der Waals surface area contributed by atoms with E-state index in [1.807, 2.05) is 12.1 Å². The van der Waals surface area contributed by atoms with Gasteiger partial charge in [-0.3, -0.25) is 0 Å². The fourth-order valence-corrected chi connectivity index (χ4v) is 4.13. The molecule has 108 valence electrons. The fraction of sp³-hybridized carbons (Fsp3) is 0.100. The molecule has 0 radical (unpaired) electrons. The topological polar surface area (TPSA) is 18.5 Å². The van der Waals surface area contributed by atoms with Gasteiger partial charge in [-0.25, -0.2) is 0 Å². The van der Waals surface area contributed by atoms with Crippen LogP contribution in [0.4, 0.5) is 0 Å². The highest BCUT2D eigenvalue weighted by Gasteiger charge is 2.42. The van der Waals surface area contributed by atoms with Gasteiger partial charge in [0.2, 0.25) is 0 Å². The molecule has 0 bridgehead atoms. The molecule has 0 amide bonds. The molecule has 0 saturated heterocycles. The van der Waals surface area contributed by atoms with Gasteiger partial charge in [-0.2, -0.15) is 0 Å². The normalized spacial score (nSPS) is 15.2. The quantitative estimate of drug-likeness (QED) is 0.409. The number of aryl methyl sites for hydroxylation is 1. The van der Waals surface area contributed by atoms with Crippen molar-refractivity contribution >= 4 is 23.1 Å². The summed E-state index contributed by atoms with van der Waals surface area (Å²) < 4.78 is 12.6. The lowest BCUT2D eigenvalue weighted by molar-refractivity contribution is 0.454. The van der Waals surface area contributed by atoms with Crippen LogP contribution in [0.2, 0.25) is 0 Å². The van der Waals surface area contributed by atoms with Gasteiger partial charge >= 0.3 is 0 Å². The Labute approximate surface area is 134 Å². The molecule has 2 aliphatic heterocycles. The molecule has 3 aromatic rings. The Bertz CT molecular complexity index is 982. The van der Waals surface area contributed by atoms with Crippen LogP contribution in [0.1, 0.15) is 11.1 Å². The average molecular weight is 296 g/mol. The van der Waals surface area contributed by atoms with Crippen LogP contribution in [-0.2, 0) is 12.8 Å². The molecule has 3 heteroatoms. The molecule has 0 unspecified atom stereocenters. The van der Waals surface area contributed by atoms with Gasteiger partial charge in [0.05, 0.1) is 0 Å². The summed E-state index contributed by atoms with van der Waals surface area (Å²) in [6.45, 7) is 0.209. The minimum Gasteiger partial charge on any atom is -0.458 e. The highest BCUT2D eigenvalue weighted by Crippen LogP contribution is 2.41. The lowest BCUT2D eigenvalue weighted by Crippen LogP contribution is -2.57. The Balaban J connectivity index is 1.73. The summed E-state index contributed by atoms with van der Waals surface area (Å²) in [5.41, 5.74) is 6.41. The van der Waals surface area contributed by atoms with E-state index in [0.717, 1.165) is 35.8 Å². The van der Waals surface area contributed by atoms with Gasteiger partial charge in [0.25, 0.3) is 6.71 Å². The maximum absolute atomic E-state index is 6.32. The molecule has 0 spiro atoms. The first-order chi connectivity index (χ1) is 11.4. The second-order valence-electron chi connectivity index (χ2n) is 6.47. The van der Waals surface area contributed by atoms with Crippen LogP contribution in [0.25, 0.3) is 0 Å². The molecule has 0 atom stereocenters. The summed E-state index contributed by atoms with van der Waals surface area (Å²) in [5.74, 6) is 3.96. The maximum atomic E-state index is 6.32. The van der Waals surface area contributed by atoms with Gasteiger partial charge in [-0.1, -0.05) is 36.4 Å². The molecule has 2 nitrogen and oxygen atoms in total. The van der Waals surface area contributed by atoms with E-state index in [1.165, 1.54) is 27.5 Å². The van der Waals surface area contributed by atoms with Crippen molar-refractivity contribution in [2.45, 2.75) is 12.8 Å². The number of ether oxygens (including phenoxy) is 2. The smallest absolute Gasteiger partial charge is 0.260 e. The van der Waals surface area contributed by atoms with E-state index >= 15 is 0 Å². The van der Waals surface area contributed by atoms with E-state index in [2.05, 4.69) is 42.5 Å². The van der Waals surface area contributed by atoms with E-state index < -0.39 is 0 Å². The van der Waals surface area contributed by atoms with E-state index in [0.29, 0.717) is 0 Å². The zero-order valence-corrected chi connectivity index (χ0v) is 12.5. The van der Waals surface area contributed by atoms with Crippen LogP contribution in [0, 0.1) is 0 Å². The SMILES string of the molecule is c1ccc2c(c1)Oc1cc3c(c4c1B2c1ccccc1O4)CC3. The van der Waals surface area contributed by atoms with Gasteiger partial charge < -0.3 is 9.47 Å². The summed E-state index contributed by atoms with van der Waals surface area (Å²) >= 11 is 0. The first-order valence-corrected chi connectivity index (χ1v) is 8.12. The molecule has 3 aliphatic rings. The van der Waals surface area contributed by atoms with Crippen molar-refractivity contribution in [1.29, 1.82) is 0 Å². The zero-order chi connectivity index (χ0) is 15.0. The summed E-state index contributed by atoms with van der Waals surface area (Å²) in [5, 5.41) is 0. The lowest BCUT2D eigenvalue weighted by Gasteiger charge is -2.36. The Morgan fingerprint density at radius 3 is 2.13 bits per heavy atom. The number of benzene rings is 3. The largest absolute Gasteiger partial charge is 0.458 e. The third-order valence-corrected chi connectivity index (χ3v) is 5.30. The number of rotatable bonds is 0. The molecule has 2 heterocycles. The van der Waals surface area contributed by atoms with Gasteiger partial charge in [-0.15, -0.1) is 0 Å². The highest BCUT2D eigenvalue weighted by molar-refractivity contribution is 6.98. The summed E-state index contributed by atoms with van der Waals surface area (Å²) in [6, 6.07) is 19.0. The predicted octanol–water partition coefficient (Wildman–Crippen LogP) is 2.51. The molecular weight excluding hydrogens is 283 g/mol. The molecule has 0 aromatic heterocycles. The number of hydrogen-bond acceptors (Lipinski definition) is 2. The van der Waals surface area contributed by atoms with Gasteiger partial charge in [0.1, 0.15) is 23.0 Å². The van der Waals surface area contributed by atoms with Crippen molar-refractivity contribution in [1.82, 2.24) is 0 Å². The Kier molecular flexibility index (Phi) is 2.05. The molecule has 0 N–H and O–H groups in total. The van der Waals surface area contributed by atoms with Crippen LogP contribution in [0.15, 0.2) is 54.6 Å². The van der Waals surface area contributed by atoms with E-state index in [-0.39, 0.29) is 6.71 Å². The predicted molar refractivity (Wildman–Crippen MR) is 91.5 cm³/mol. The summed E-state index contributed by atoms with van der Waals surface area (Å²) in [7, 11) is 0. The molecule has 1 aliphatic carbocycles. The van der Waals surface area contributed by atoms with E-state index in [4.69, 9.17) is 9.47 Å². The first kappa shape index (κ1) is 11.8. The van der Waals surface area contributed by atoms with Crippen molar-refractivity contribution < 1.29 is 9.47 Å². The van der Waals surface area contributed by atoms with Crippen LogP contribution in [0.3, 0.4) is 0 Å². The van der Waals surface area contributed by atoms with Crippen molar-refractivity contribution in [3.63, 3.8) is 0 Å². The third kappa shape index (κ3) is 1.40. The van der Waals surface area contributed by atoms with Crippen LogP contribution < -0.4 is 25.9 Å². The average Bonchev–Trinajstić information content (AvgIpc) is 2.57. The molecule has 0 saturated carbocycles. The minimum atomic E-state index is 0.209. The summed E-state index contributed by atoms with van der Waals surface area (Å²) in [6.07, 6.45) is 2.23. The van der Waals surface area contributed by atoms with Gasteiger partial charge in [-0.05, 0) is 53.1 Å². The highest BCUT2D eigenvalue weighted by atomic mass is 16.5. The standard InChI is InChI=1S/C20H13BO2/c1-3-7-16-14(5-1)21-15-6-2-4-8-17(15)23-20-13-10-9-12(13)11-18(22-16)19(20)21/h1-8,11H,9-10H2. The Morgan fingerprint density at radius 1 is 0.739 bits per heavy atom. The molecule has 3 aromatic carbocycles. The molecule has 6 rings (SSSR count). The molecule has 0 fully saturated rings. The fourth-order valence-electron chi connectivity index (χ4n) is 4.13. The molecule has 23 heavy (non-hydrogen) atoms. The Morgan fingerprint density at radius 2 is 1.43 bits per heavy atom. The van der Waals surface area contributed by atoms with Crippen LogP contribution in [-0.4, -0.2) is 6.71 Å². The number of hydrogen-bond donors (Lipinski definition) is 0. The van der Waals surface area contributed by atoms with Crippen LogP contribution in [0.5, 0.6) is 23.0 Å². The van der Waals surface area contributed by atoms with Crippen molar-refractivity contribution in [2.75, 3.05) is 0 Å². The van der Waals surface area contributed by atoms with E-state index in [9.17, 15) is 0 Å². The second kappa shape index (κ2) is 3.99. The minimum absolute atomic E-state index is 0.209. The first-order valence-electron chi connectivity index (χ1n) is 8.12. The lowest BCUT2D eigenvalue weighted by atomic mass is 9.34. The summed E-state index contributed by atoms with van der Waals surface area (Å²) in [4.78, 5) is 0. The third-order valence-electron chi connectivity index (χ3n) is 5.30. The van der Waals surface area contributed by atoms with Crippen molar-refractivity contribution in [3.05, 3.63) is 65.7 Å². The second-order valence-corrected chi connectivity index (χ2v) is 6.47. The molecular formula is C20H13BO2. The van der Waals surface area contributed by atoms with Crippen molar-refractivity contribution in [2.24, 2.45) is 0 Å². The Hall–Kier alpha value is -2.68.